The minimum Gasteiger partial charge on any atom is -0.493 e. The molecule has 2 aromatic heterocycles. The molecule has 0 atom stereocenters. The maximum Gasteiger partial charge on any atom is 0.220 e. The van der Waals surface area contributed by atoms with E-state index in [4.69, 9.17) is 0 Å². The first-order chi connectivity index (χ1) is 9.04. The number of nitrogens with zero attached hydrogens (tertiary/aromatic N) is 3. The van der Waals surface area contributed by atoms with Gasteiger partial charge in [-0.05, 0) is 12.5 Å². The summed E-state index contributed by atoms with van der Waals surface area (Å²) in [5.41, 5.74) is 0.731. The molecule has 0 bridgehead atoms. The first-order valence-corrected chi connectivity index (χ1v) is 5.94. The van der Waals surface area contributed by atoms with Gasteiger partial charge in [-0.3, -0.25) is 9.78 Å². The molecular formula is C13H14FN3O2. The Morgan fingerprint density at radius 2 is 2.21 bits per heavy atom. The molecule has 0 radical (unpaired) electrons. The molecule has 0 aliphatic heterocycles. The van der Waals surface area contributed by atoms with E-state index < -0.39 is 11.6 Å². The summed E-state index contributed by atoms with van der Waals surface area (Å²) in [5, 5.41) is 14.0. The van der Waals surface area contributed by atoms with Gasteiger partial charge in [-0.15, -0.1) is 0 Å². The van der Waals surface area contributed by atoms with E-state index in [0.717, 1.165) is 18.7 Å². The lowest BCUT2D eigenvalue weighted by atomic mass is 10.0. The molecule has 2 aromatic rings. The molecule has 5 nitrogen and oxygen atoms in total. The number of hydrogen-bond acceptors (Lipinski definition) is 4. The Bertz CT molecular complexity index is 622. The monoisotopic (exact) mass is 263 g/mol. The number of rotatable bonds is 4. The molecule has 0 aliphatic carbocycles. The zero-order valence-electron chi connectivity index (χ0n) is 10.7. The third kappa shape index (κ3) is 2.47. The summed E-state index contributed by atoms with van der Waals surface area (Å²) in [6.07, 6.45) is 3.65. The van der Waals surface area contributed by atoms with Crippen LogP contribution < -0.4 is 0 Å². The second-order valence-electron chi connectivity index (χ2n) is 4.24. The number of pyridine rings is 1. The number of carbonyl (C=O) groups is 1. The van der Waals surface area contributed by atoms with Gasteiger partial charge in [0.25, 0.3) is 0 Å². The quantitative estimate of drug-likeness (QED) is 0.855. The molecule has 100 valence electrons. The number of hydrogen-bond donors (Lipinski definition) is 1. The highest BCUT2D eigenvalue weighted by atomic mass is 19.1. The lowest BCUT2D eigenvalue weighted by Crippen LogP contribution is -2.05. The fourth-order valence-corrected chi connectivity index (χ4v) is 1.89. The van der Waals surface area contributed by atoms with E-state index >= 15 is 0 Å². The van der Waals surface area contributed by atoms with Crippen molar-refractivity contribution < 1.29 is 14.3 Å². The second-order valence-corrected chi connectivity index (χ2v) is 4.24. The summed E-state index contributed by atoms with van der Waals surface area (Å²) < 4.78 is 14.3. The van der Waals surface area contributed by atoms with E-state index in [1.54, 1.807) is 7.05 Å². The Morgan fingerprint density at radius 1 is 1.47 bits per heavy atom. The molecule has 0 amide bonds. The van der Waals surface area contributed by atoms with Gasteiger partial charge in [-0.25, -0.2) is 9.07 Å². The summed E-state index contributed by atoms with van der Waals surface area (Å²) >= 11 is 0. The summed E-state index contributed by atoms with van der Waals surface area (Å²) in [6, 6.07) is 1.09. The molecule has 0 spiro atoms. The fourth-order valence-electron chi connectivity index (χ4n) is 1.89. The number of ketones is 1. The van der Waals surface area contributed by atoms with E-state index in [0.29, 0.717) is 12.1 Å². The highest BCUT2D eigenvalue weighted by Gasteiger charge is 2.23. The van der Waals surface area contributed by atoms with Gasteiger partial charge in [0, 0.05) is 18.8 Å². The summed E-state index contributed by atoms with van der Waals surface area (Å²) in [4.78, 5) is 15.9. The van der Waals surface area contributed by atoms with Gasteiger partial charge < -0.3 is 5.11 Å². The number of halogens is 1. The van der Waals surface area contributed by atoms with Crippen molar-refractivity contribution in [3.63, 3.8) is 0 Å². The number of aryl methyl sites for hydroxylation is 2. The van der Waals surface area contributed by atoms with Gasteiger partial charge in [-0.2, -0.15) is 5.10 Å². The van der Waals surface area contributed by atoms with E-state index in [2.05, 4.69) is 10.1 Å². The van der Waals surface area contributed by atoms with E-state index in [1.165, 1.54) is 10.9 Å². The van der Waals surface area contributed by atoms with Gasteiger partial charge in [0.2, 0.25) is 11.7 Å². The zero-order valence-corrected chi connectivity index (χ0v) is 10.7. The smallest absolute Gasteiger partial charge is 0.220 e. The minimum atomic E-state index is -0.591. The molecule has 1 N–H and O–H groups in total. The van der Waals surface area contributed by atoms with Crippen LogP contribution in [0.25, 0.3) is 0 Å². The first-order valence-electron chi connectivity index (χ1n) is 5.94. The second kappa shape index (κ2) is 5.17. The normalized spacial score (nSPS) is 10.7. The van der Waals surface area contributed by atoms with Crippen LogP contribution in [-0.2, 0) is 13.5 Å². The van der Waals surface area contributed by atoms with Crippen LogP contribution in [0.4, 0.5) is 4.39 Å². The molecule has 0 aliphatic rings. The molecule has 0 saturated heterocycles. The lowest BCUT2D eigenvalue weighted by molar-refractivity contribution is 0.103. The van der Waals surface area contributed by atoms with Gasteiger partial charge in [-0.1, -0.05) is 13.3 Å². The third-order valence-corrected chi connectivity index (χ3v) is 2.77. The minimum absolute atomic E-state index is 0.0978. The van der Waals surface area contributed by atoms with E-state index in [1.807, 2.05) is 6.92 Å². The van der Waals surface area contributed by atoms with Gasteiger partial charge in [0.1, 0.15) is 11.4 Å². The number of carbonyl (C=O) groups excluding carboxylic acids is 1. The zero-order chi connectivity index (χ0) is 14.0. The maximum atomic E-state index is 13.1. The number of aromatic nitrogens is 3. The van der Waals surface area contributed by atoms with Crippen molar-refractivity contribution in [1.82, 2.24) is 14.8 Å². The fraction of sp³-hybridized carbons (Fsp3) is 0.308. The molecule has 6 heteroatoms. The van der Waals surface area contributed by atoms with Crippen LogP contribution in [0, 0.1) is 5.82 Å². The number of aromatic hydroxyl groups is 1. The molecular weight excluding hydrogens is 249 g/mol. The molecule has 2 heterocycles. The van der Waals surface area contributed by atoms with Crippen molar-refractivity contribution in [2.45, 2.75) is 19.8 Å². The maximum absolute atomic E-state index is 13.1. The van der Waals surface area contributed by atoms with Crippen LogP contribution in [0.2, 0.25) is 0 Å². The highest BCUT2D eigenvalue weighted by molar-refractivity contribution is 6.11. The van der Waals surface area contributed by atoms with Crippen LogP contribution in [0.15, 0.2) is 18.5 Å². The van der Waals surface area contributed by atoms with Crippen molar-refractivity contribution in [3.8, 4) is 5.88 Å². The van der Waals surface area contributed by atoms with Crippen molar-refractivity contribution in [1.29, 1.82) is 0 Å². The van der Waals surface area contributed by atoms with Gasteiger partial charge >= 0.3 is 0 Å². The van der Waals surface area contributed by atoms with E-state index in [9.17, 15) is 14.3 Å². The average molecular weight is 263 g/mol. The van der Waals surface area contributed by atoms with Crippen molar-refractivity contribution in [2.24, 2.45) is 7.05 Å². The topological polar surface area (TPSA) is 68.0 Å². The van der Waals surface area contributed by atoms with E-state index in [-0.39, 0.29) is 17.0 Å². The van der Waals surface area contributed by atoms with Crippen LogP contribution >= 0.6 is 0 Å². The van der Waals surface area contributed by atoms with Crippen molar-refractivity contribution >= 4 is 5.78 Å². The predicted molar refractivity (Wildman–Crippen MR) is 66.5 cm³/mol. The van der Waals surface area contributed by atoms with Gasteiger partial charge in [0.15, 0.2) is 0 Å². The first kappa shape index (κ1) is 13.2. The molecule has 0 fully saturated rings. The summed E-state index contributed by atoms with van der Waals surface area (Å²) in [6.45, 7) is 1.95. The molecule has 0 aromatic carbocycles. The van der Waals surface area contributed by atoms with Gasteiger partial charge in [0.05, 0.1) is 11.9 Å². The Balaban J connectivity index is 2.49. The van der Waals surface area contributed by atoms with Crippen molar-refractivity contribution in [2.75, 3.05) is 0 Å². The predicted octanol–water partition coefficient (Wildman–Crippen LogP) is 1.84. The SMILES string of the molecule is CCCc1nn(C)c(O)c1C(=O)c1cncc(F)c1. The molecule has 0 saturated carbocycles. The van der Waals surface area contributed by atoms with Crippen LogP contribution in [0.5, 0.6) is 5.88 Å². The molecule has 0 unspecified atom stereocenters. The standard InChI is InChI=1S/C13H14FN3O2/c1-3-4-10-11(13(19)17(2)16-10)12(18)8-5-9(14)7-15-6-8/h5-7,19H,3-4H2,1-2H3. The molecule has 2 rings (SSSR count). The van der Waals surface area contributed by atoms with Crippen LogP contribution in [0.3, 0.4) is 0 Å². The van der Waals surface area contributed by atoms with Crippen LogP contribution in [0.1, 0.15) is 35.0 Å². The third-order valence-electron chi connectivity index (χ3n) is 2.77. The van der Waals surface area contributed by atoms with Crippen LogP contribution in [-0.4, -0.2) is 25.7 Å². The average Bonchev–Trinajstić information content (AvgIpc) is 2.65. The Hall–Kier alpha value is -2.24. The molecule has 19 heavy (non-hydrogen) atoms. The lowest BCUT2D eigenvalue weighted by Gasteiger charge is -2.02. The highest BCUT2D eigenvalue weighted by Crippen LogP contribution is 2.24. The largest absolute Gasteiger partial charge is 0.493 e. The summed E-state index contributed by atoms with van der Waals surface area (Å²) in [7, 11) is 1.55. The Labute approximate surface area is 109 Å². The van der Waals surface area contributed by atoms with Crippen molar-refractivity contribution in [3.05, 3.63) is 41.1 Å². The Kier molecular flexibility index (Phi) is 3.59. The Morgan fingerprint density at radius 3 is 2.84 bits per heavy atom. The summed E-state index contributed by atoms with van der Waals surface area (Å²) in [5.74, 6) is -1.27.